The molecular weight excluding hydrogens is 238 g/mol. The average molecular weight is 250 g/mol. The van der Waals surface area contributed by atoms with Crippen LogP contribution in [0.4, 0.5) is 0 Å². The van der Waals surface area contributed by atoms with Crippen molar-refractivity contribution in [3.63, 3.8) is 0 Å². The average Bonchev–Trinajstić information content (AvgIpc) is 2.70. The second kappa shape index (κ2) is 3.20. The van der Waals surface area contributed by atoms with E-state index in [1.54, 1.807) is 7.05 Å². The Morgan fingerprint density at radius 1 is 1.60 bits per heavy atom. The number of sulfonamides is 1. The fourth-order valence-corrected chi connectivity index (χ4v) is 3.13. The molecule has 0 aliphatic heterocycles. The van der Waals surface area contributed by atoms with Crippen LogP contribution in [0.2, 0.25) is 5.15 Å². The molecule has 1 aromatic rings. The lowest BCUT2D eigenvalue weighted by molar-refractivity contribution is 0.555. The Morgan fingerprint density at radius 3 is 2.60 bits per heavy atom. The van der Waals surface area contributed by atoms with Gasteiger partial charge in [0.2, 0.25) is 5.03 Å². The highest BCUT2D eigenvalue weighted by atomic mass is 35.5. The number of imidazole rings is 1. The van der Waals surface area contributed by atoms with Gasteiger partial charge in [-0.05, 0) is 19.8 Å². The van der Waals surface area contributed by atoms with E-state index in [1.165, 1.54) is 10.9 Å². The molecule has 0 amide bonds. The minimum absolute atomic E-state index is 0.0974. The lowest BCUT2D eigenvalue weighted by Crippen LogP contribution is -2.34. The van der Waals surface area contributed by atoms with Crippen molar-refractivity contribution in [2.75, 3.05) is 0 Å². The molecule has 84 valence electrons. The highest BCUT2D eigenvalue weighted by Crippen LogP contribution is 2.36. The van der Waals surface area contributed by atoms with Crippen LogP contribution in [0, 0.1) is 0 Å². The zero-order chi connectivity index (χ0) is 11.3. The van der Waals surface area contributed by atoms with Crippen LogP contribution in [0.5, 0.6) is 0 Å². The van der Waals surface area contributed by atoms with Gasteiger partial charge in [-0.2, -0.15) is 0 Å². The Hall–Kier alpha value is -0.590. The fraction of sp³-hybridized carbons (Fsp3) is 0.625. The molecule has 0 spiro atoms. The summed E-state index contributed by atoms with van der Waals surface area (Å²) in [5.74, 6) is 0. The van der Waals surface area contributed by atoms with E-state index in [0.29, 0.717) is 0 Å². The summed E-state index contributed by atoms with van der Waals surface area (Å²) in [5.41, 5.74) is -0.306. The third kappa shape index (κ3) is 2.02. The summed E-state index contributed by atoms with van der Waals surface area (Å²) in [5, 5.41) is 0.0338. The minimum Gasteiger partial charge on any atom is -0.324 e. The second-order valence-electron chi connectivity index (χ2n) is 4.12. The van der Waals surface area contributed by atoms with Gasteiger partial charge in [0.05, 0.1) is 6.33 Å². The van der Waals surface area contributed by atoms with Gasteiger partial charge in [-0.15, -0.1) is 0 Å². The van der Waals surface area contributed by atoms with Crippen LogP contribution < -0.4 is 4.72 Å². The maximum absolute atomic E-state index is 11.9. The van der Waals surface area contributed by atoms with Gasteiger partial charge in [0.15, 0.2) is 0 Å². The molecule has 5 nitrogen and oxygen atoms in total. The van der Waals surface area contributed by atoms with Gasteiger partial charge < -0.3 is 4.57 Å². The first-order valence-electron chi connectivity index (χ1n) is 4.55. The predicted octanol–water partition coefficient (Wildman–Crippen LogP) is 0.904. The first-order chi connectivity index (χ1) is 6.84. The number of rotatable bonds is 3. The molecule has 1 saturated carbocycles. The molecule has 1 aliphatic rings. The van der Waals surface area contributed by atoms with Gasteiger partial charge in [0, 0.05) is 12.6 Å². The molecule has 2 rings (SSSR count). The third-order valence-corrected chi connectivity index (χ3v) is 4.60. The maximum atomic E-state index is 11.9. The van der Waals surface area contributed by atoms with Crippen LogP contribution in [-0.4, -0.2) is 23.5 Å². The number of hydrogen-bond donors (Lipinski definition) is 1. The highest BCUT2D eigenvalue weighted by molar-refractivity contribution is 7.89. The van der Waals surface area contributed by atoms with E-state index in [9.17, 15) is 8.42 Å². The molecule has 15 heavy (non-hydrogen) atoms. The molecule has 1 aromatic heterocycles. The van der Waals surface area contributed by atoms with Gasteiger partial charge in [-0.1, -0.05) is 11.6 Å². The molecule has 0 unspecified atom stereocenters. The summed E-state index contributed by atoms with van der Waals surface area (Å²) in [6.07, 6.45) is 3.10. The first-order valence-corrected chi connectivity index (χ1v) is 6.41. The lowest BCUT2D eigenvalue weighted by atomic mass is 10.4. The van der Waals surface area contributed by atoms with Crippen molar-refractivity contribution >= 4 is 21.6 Å². The van der Waals surface area contributed by atoms with Crippen molar-refractivity contribution in [3.05, 3.63) is 11.5 Å². The minimum atomic E-state index is -3.58. The molecule has 0 saturated heterocycles. The standard InChI is InChI=1S/C8H12ClN3O2S/c1-8(3-4-8)11-15(13,14)7-6(9)12(2)5-10-7/h5,11H,3-4H2,1-2H3. The van der Waals surface area contributed by atoms with Crippen LogP contribution in [0.1, 0.15) is 19.8 Å². The lowest BCUT2D eigenvalue weighted by Gasteiger charge is -2.10. The van der Waals surface area contributed by atoms with Crippen LogP contribution in [-0.2, 0) is 17.1 Å². The Kier molecular flexibility index (Phi) is 2.33. The van der Waals surface area contributed by atoms with Crippen molar-refractivity contribution in [2.24, 2.45) is 7.05 Å². The first kappa shape index (κ1) is 10.9. The van der Waals surface area contributed by atoms with Gasteiger partial charge in [-0.25, -0.2) is 18.1 Å². The molecule has 7 heteroatoms. The fourth-order valence-electron chi connectivity index (χ4n) is 1.24. The summed E-state index contributed by atoms with van der Waals surface area (Å²) in [6, 6.07) is 0. The predicted molar refractivity (Wildman–Crippen MR) is 56.2 cm³/mol. The molecular formula is C8H12ClN3O2S. The number of halogens is 1. The van der Waals surface area contributed by atoms with E-state index >= 15 is 0 Å². The molecule has 1 N–H and O–H groups in total. The van der Waals surface area contributed by atoms with E-state index in [-0.39, 0.29) is 15.7 Å². The van der Waals surface area contributed by atoms with Crippen molar-refractivity contribution in [1.82, 2.24) is 14.3 Å². The molecule has 1 heterocycles. The van der Waals surface area contributed by atoms with Crippen LogP contribution in [0.3, 0.4) is 0 Å². The quantitative estimate of drug-likeness (QED) is 0.866. The Bertz CT molecular complexity index is 490. The van der Waals surface area contributed by atoms with E-state index in [0.717, 1.165) is 12.8 Å². The zero-order valence-corrected chi connectivity index (χ0v) is 10.1. The summed E-state index contributed by atoms with van der Waals surface area (Å²) < 4.78 is 27.8. The summed E-state index contributed by atoms with van der Waals surface area (Å²) >= 11 is 5.82. The van der Waals surface area contributed by atoms with Crippen molar-refractivity contribution in [2.45, 2.75) is 30.3 Å². The van der Waals surface area contributed by atoms with Crippen LogP contribution in [0.15, 0.2) is 11.4 Å². The summed E-state index contributed by atoms with van der Waals surface area (Å²) in [7, 11) is -1.93. The van der Waals surface area contributed by atoms with E-state index in [4.69, 9.17) is 11.6 Å². The van der Waals surface area contributed by atoms with Gasteiger partial charge in [0.25, 0.3) is 10.0 Å². The SMILES string of the molecule is Cn1cnc(S(=O)(=O)NC2(C)CC2)c1Cl. The molecule has 0 aromatic carbocycles. The Labute approximate surface area is 93.5 Å². The number of nitrogens with one attached hydrogen (secondary N) is 1. The van der Waals surface area contributed by atoms with Crippen molar-refractivity contribution in [1.29, 1.82) is 0 Å². The highest BCUT2D eigenvalue weighted by Gasteiger charge is 2.42. The zero-order valence-electron chi connectivity index (χ0n) is 8.49. The van der Waals surface area contributed by atoms with Gasteiger partial charge in [0.1, 0.15) is 5.15 Å². The normalized spacial score (nSPS) is 19.1. The smallest absolute Gasteiger partial charge is 0.261 e. The van der Waals surface area contributed by atoms with Crippen LogP contribution >= 0.6 is 11.6 Å². The van der Waals surface area contributed by atoms with E-state index < -0.39 is 10.0 Å². The largest absolute Gasteiger partial charge is 0.324 e. The van der Waals surface area contributed by atoms with Crippen molar-refractivity contribution in [3.8, 4) is 0 Å². The van der Waals surface area contributed by atoms with Crippen molar-refractivity contribution < 1.29 is 8.42 Å². The monoisotopic (exact) mass is 249 g/mol. The third-order valence-electron chi connectivity index (χ3n) is 2.47. The molecule has 1 fully saturated rings. The molecule has 0 radical (unpaired) electrons. The number of hydrogen-bond acceptors (Lipinski definition) is 3. The van der Waals surface area contributed by atoms with E-state index in [1.807, 2.05) is 6.92 Å². The number of aromatic nitrogens is 2. The summed E-state index contributed by atoms with van der Waals surface area (Å²) in [4.78, 5) is 3.78. The topological polar surface area (TPSA) is 64.0 Å². The summed E-state index contributed by atoms with van der Waals surface area (Å²) in [6.45, 7) is 1.86. The molecule has 1 aliphatic carbocycles. The van der Waals surface area contributed by atoms with Gasteiger partial charge in [-0.3, -0.25) is 0 Å². The van der Waals surface area contributed by atoms with Crippen LogP contribution in [0.25, 0.3) is 0 Å². The molecule has 0 atom stereocenters. The molecule has 0 bridgehead atoms. The van der Waals surface area contributed by atoms with E-state index in [2.05, 4.69) is 9.71 Å². The maximum Gasteiger partial charge on any atom is 0.261 e. The second-order valence-corrected chi connectivity index (χ2v) is 6.07. The Morgan fingerprint density at radius 2 is 2.20 bits per heavy atom. The number of aryl methyl sites for hydroxylation is 1. The number of nitrogens with zero attached hydrogens (tertiary/aromatic N) is 2. The van der Waals surface area contributed by atoms with Gasteiger partial charge >= 0.3 is 0 Å². The Balaban J connectivity index is 2.33.